The number of hydrogen-bond acceptors (Lipinski definition) is 2. The van der Waals surface area contributed by atoms with Crippen LogP contribution in [-0.2, 0) is 15.1 Å². The third-order valence-corrected chi connectivity index (χ3v) is 3.66. The molecule has 0 aliphatic carbocycles. The summed E-state index contributed by atoms with van der Waals surface area (Å²) in [5.41, 5.74) is -1.22. The maximum atomic E-state index is 13.0. The summed E-state index contributed by atoms with van der Waals surface area (Å²) in [5, 5.41) is 12.0. The average Bonchev–Trinajstić information content (AvgIpc) is 2.44. The highest BCUT2D eigenvalue weighted by molar-refractivity contribution is 5.88. The van der Waals surface area contributed by atoms with Gasteiger partial charge in [0.2, 0.25) is 5.91 Å². The molecular weight excluding hydrogens is 273 g/mol. The van der Waals surface area contributed by atoms with Gasteiger partial charge in [-0.15, -0.1) is 0 Å². The van der Waals surface area contributed by atoms with Crippen LogP contribution in [0.25, 0.3) is 0 Å². The standard InChI is InChI=1S/C16H22FNO3/c1-4-5-6-11(2)14(19)18-16(3,15(20)21)12-7-9-13(17)10-8-12/h7-11H,4-6H2,1-3H3,(H,18,19)(H,20,21). The molecule has 2 atom stereocenters. The molecule has 116 valence electrons. The van der Waals surface area contributed by atoms with E-state index in [0.717, 1.165) is 12.8 Å². The van der Waals surface area contributed by atoms with Gasteiger partial charge in [-0.3, -0.25) is 4.79 Å². The Morgan fingerprint density at radius 1 is 1.33 bits per heavy atom. The molecule has 0 aliphatic rings. The van der Waals surface area contributed by atoms with Gasteiger partial charge in [0.05, 0.1) is 0 Å². The van der Waals surface area contributed by atoms with E-state index < -0.39 is 17.3 Å². The summed E-state index contributed by atoms with van der Waals surface area (Å²) in [4.78, 5) is 23.7. The van der Waals surface area contributed by atoms with Crippen LogP contribution in [-0.4, -0.2) is 17.0 Å². The fourth-order valence-electron chi connectivity index (χ4n) is 2.04. The molecule has 2 N–H and O–H groups in total. The zero-order valence-corrected chi connectivity index (χ0v) is 12.6. The Morgan fingerprint density at radius 3 is 2.38 bits per heavy atom. The zero-order chi connectivity index (χ0) is 16.0. The fraction of sp³-hybridized carbons (Fsp3) is 0.500. The number of rotatable bonds is 7. The van der Waals surface area contributed by atoms with Crippen molar-refractivity contribution in [3.05, 3.63) is 35.6 Å². The van der Waals surface area contributed by atoms with Gasteiger partial charge in [0.25, 0.3) is 0 Å². The zero-order valence-electron chi connectivity index (χ0n) is 12.6. The van der Waals surface area contributed by atoms with E-state index in [9.17, 15) is 19.1 Å². The summed E-state index contributed by atoms with van der Waals surface area (Å²) in [7, 11) is 0. The Kier molecular flexibility index (Phi) is 5.88. The lowest BCUT2D eigenvalue weighted by atomic mass is 9.90. The third-order valence-electron chi connectivity index (χ3n) is 3.66. The van der Waals surface area contributed by atoms with Crippen molar-refractivity contribution in [2.75, 3.05) is 0 Å². The van der Waals surface area contributed by atoms with Crippen LogP contribution in [0.5, 0.6) is 0 Å². The minimum atomic E-state index is -1.56. The Balaban J connectivity index is 2.93. The molecule has 1 aromatic rings. The number of carboxylic acids is 1. The lowest BCUT2D eigenvalue weighted by molar-refractivity contribution is -0.148. The summed E-state index contributed by atoms with van der Waals surface area (Å²) in [6.07, 6.45) is 2.60. The maximum absolute atomic E-state index is 13.0. The van der Waals surface area contributed by atoms with Crippen LogP contribution in [0.3, 0.4) is 0 Å². The topological polar surface area (TPSA) is 66.4 Å². The van der Waals surface area contributed by atoms with Gasteiger partial charge in [0.1, 0.15) is 5.82 Å². The molecule has 21 heavy (non-hydrogen) atoms. The highest BCUT2D eigenvalue weighted by Crippen LogP contribution is 2.23. The lowest BCUT2D eigenvalue weighted by Gasteiger charge is -2.28. The molecule has 0 aromatic heterocycles. The summed E-state index contributed by atoms with van der Waals surface area (Å²) in [5.74, 6) is -2.19. The second-order valence-corrected chi connectivity index (χ2v) is 5.47. The quantitative estimate of drug-likeness (QED) is 0.812. The second-order valence-electron chi connectivity index (χ2n) is 5.47. The minimum absolute atomic E-state index is 0.260. The molecule has 1 aromatic carbocycles. The molecule has 0 radical (unpaired) electrons. The highest BCUT2D eigenvalue weighted by atomic mass is 19.1. The smallest absolute Gasteiger partial charge is 0.333 e. The number of unbranched alkanes of at least 4 members (excludes halogenated alkanes) is 1. The molecule has 1 amide bonds. The predicted molar refractivity (Wildman–Crippen MR) is 78.2 cm³/mol. The molecule has 0 heterocycles. The number of benzene rings is 1. The van der Waals surface area contributed by atoms with Crippen LogP contribution in [0.2, 0.25) is 0 Å². The second kappa shape index (κ2) is 7.20. The minimum Gasteiger partial charge on any atom is -0.479 e. The van der Waals surface area contributed by atoms with Crippen LogP contribution < -0.4 is 5.32 Å². The Bertz CT molecular complexity index is 501. The molecule has 0 fully saturated rings. The first kappa shape index (κ1) is 17.1. The summed E-state index contributed by atoms with van der Waals surface area (Å²) < 4.78 is 13.0. The van der Waals surface area contributed by atoms with Gasteiger partial charge >= 0.3 is 5.97 Å². The van der Waals surface area contributed by atoms with Crippen molar-refractivity contribution in [2.45, 2.75) is 45.6 Å². The summed E-state index contributed by atoms with van der Waals surface area (Å²) in [6.45, 7) is 5.22. The number of hydrogen-bond donors (Lipinski definition) is 2. The van der Waals surface area contributed by atoms with Crippen LogP contribution in [0.1, 0.15) is 45.6 Å². The predicted octanol–water partition coefficient (Wildman–Crippen LogP) is 3.07. The molecule has 2 unspecified atom stereocenters. The number of amides is 1. The Labute approximate surface area is 124 Å². The number of carbonyl (C=O) groups excluding carboxylic acids is 1. The van der Waals surface area contributed by atoms with E-state index in [1.54, 1.807) is 6.92 Å². The maximum Gasteiger partial charge on any atom is 0.333 e. The van der Waals surface area contributed by atoms with Crippen LogP contribution in [0.4, 0.5) is 4.39 Å². The van der Waals surface area contributed by atoms with Crippen LogP contribution in [0, 0.1) is 11.7 Å². The third kappa shape index (κ3) is 4.28. The largest absolute Gasteiger partial charge is 0.479 e. The van der Waals surface area contributed by atoms with E-state index in [-0.39, 0.29) is 11.8 Å². The number of aliphatic carboxylic acids is 1. The fourth-order valence-corrected chi connectivity index (χ4v) is 2.04. The van der Waals surface area contributed by atoms with Gasteiger partial charge in [0, 0.05) is 5.92 Å². The SMILES string of the molecule is CCCCC(C)C(=O)NC(C)(C(=O)O)c1ccc(F)cc1. The van der Waals surface area contributed by atoms with Crippen molar-refractivity contribution in [3.8, 4) is 0 Å². The number of carboxylic acid groups (broad SMARTS) is 1. The van der Waals surface area contributed by atoms with Crippen molar-refractivity contribution in [1.29, 1.82) is 0 Å². The lowest BCUT2D eigenvalue weighted by Crippen LogP contribution is -2.51. The van der Waals surface area contributed by atoms with Crippen LogP contribution in [0.15, 0.2) is 24.3 Å². The van der Waals surface area contributed by atoms with Crippen molar-refractivity contribution >= 4 is 11.9 Å². The van der Waals surface area contributed by atoms with Gasteiger partial charge in [0.15, 0.2) is 5.54 Å². The van der Waals surface area contributed by atoms with Crippen molar-refractivity contribution in [1.82, 2.24) is 5.32 Å². The molecule has 4 nitrogen and oxygen atoms in total. The van der Waals surface area contributed by atoms with Gasteiger partial charge < -0.3 is 10.4 Å². The molecule has 0 bridgehead atoms. The first-order valence-electron chi connectivity index (χ1n) is 7.12. The molecule has 0 saturated heterocycles. The van der Waals surface area contributed by atoms with Gasteiger partial charge in [-0.25, -0.2) is 9.18 Å². The molecule has 0 aliphatic heterocycles. The van der Waals surface area contributed by atoms with Crippen molar-refractivity contribution in [2.24, 2.45) is 5.92 Å². The van der Waals surface area contributed by atoms with E-state index in [2.05, 4.69) is 5.32 Å². The van der Waals surface area contributed by atoms with E-state index >= 15 is 0 Å². The number of nitrogens with one attached hydrogen (secondary N) is 1. The van der Waals surface area contributed by atoms with Gasteiger partial charge in [-0.1, -0.05) is 38.8 Å². The van der Waals surface area contributed by atoms with E-state index in [1.165, 1.54) is 31.2 Å². The average molecular weight is 295 g/mol. The van der Waals surface area contributed by atoms with E-state index in [1.807, 2.05) is 6.92 Å². The van der Waals surface area contributed by atoms with E-state index in [4.69, 9.17) is 0 Å². The van der Waals surface area contributed by atoms with Crippen molar-refractivity contribution < 1.29 is 19.1 Å². The monoisotopic (exact) mass is 295 g/mol. The van der Waals surface area contributed by atoms with Gasteiger partial charge in [-0.2, -0.15) is 0 Å². The first-order chi connectivity index (χ1) is 9.81. The van der Waals surface area contributed by atoms with Crippen LogP contribution >= 0.6 is 0 Å². The molecule has 5 heteroatoms. The summed E-state index contributed by atoms with van der Waals surface area (Å²) in [6, 6.07) is 5.12. The first-order valence-corrected chi connectivity index (χ1v) is 7.12. The Morgan fingerprint density at radius 2 is 1.90 bits per heavy atom. The Hall–Kier alpha value is -1.91. The molecular formula is C16H22FNO3. The van der Waals surface area contributed by atoms with E-state index in [0.29, 0.717) is 12.0 Å². The number of carbonyl (C=O) groups is 2. The normalized spacial score (nSPS) is 15.0. The number of halogens is 1. The molecule has 0 saturated carbocycles. The summed E-state index contributed by atoms with van der Waals surface area (Å²) >= 11 is 0. The molecule has 1 rings (SSSR count). The molecule has 0 spiro atoms. The van der Waals surface area contributed by atoms with Gasteiger partial charge in [-0.05, 0) is 31.0 Å². The van der Waals surface area contributed by atoms with Crippen molar-refractivity contribution in [3.63, 3.8) is 0 Å². The highest BCUT2D eigenvalue weighted by Gasteiger charge is 2.37.